The predicted molar refractivity (Wildman–Crippen MR) is 86.9 cm³/mol. The number of rotatable bonds is 5. The number of furan rings is 1. The van der Waals surface area contributed by atoms with E-state index in [9.17, 15) is 4.39 Å². The third-order valence-electron chi connectivity index (χ3n) is 4.91. The molecule has 0 saturated heterocycles. The molecule has 0 N–H and O–H groups in total. The lowest BCUT2D eigenvalue weighted by Crippen LogP contribution is -2.32. The summed E-state index contributed by atoms with van der Waals surface area (Å²) in [5, 5.41) is 0. The fourth-order valence-electron chi connectivity index (χ4n) is 3.78. The summed E-state index contributed by atoms with van der Waals surface area (Å²) in [5.74, 6) is 1.49. The number of nitrogens with zero attached hydrogens (tertiary/aromatic N) is 1. The van der Waals surface area contributed by atoms with Gasteiger partial charge in [-0.05, 0) is 37.1 Å². The van der Waals surface area contributed by atoms with Crippen molar-refractivity contribution >= 4 is 0 Å². The SMILES string of the molecule is Fc1cc2c(c(CN(Cc3ccco3)C3CCCC3)c1)OCOC2. The molecule has 4 rings (SSSR count). The molecule has 1 aliphatic carbocycles. The van der Waals surface area contributed by atoms with Crippen LogP contribution in [0.2, 0.25) is 0 Å². The smallest absolute Gasteiger partial charge is 0.189 e. The van der Waals surface area contributed by atoms with Crippen molar-refractivity contribution in [3.63, 3.8) is 0 Å². The van der Waals surface area contributed by atoms with Gasteiger partial charge in [0.25, 0.3) is 0 Å². The molecule has 128 valence electrons. The third-order valence-corrected chi connectivity index (χ3v) is 4.91. The minimum Gasteiger partial charge on any atom is -0.468 e. The van der Waals surface area contributed by atoms with Crippen LogP contribution in [0.1, 0.15) is 42.6 Å². The van der Waals surface area contributed by atoms with Crippen molar-refractivity contribution in [2.45, 2.75) is 51.4 Å². The second-order valence-electron chi connectivity index (χ2n) is 6.59. The Balaban J connectivity index is 1.61. The molecule has 0 radical (unpaired) electrons. The first-order valence-corrected chi connectivity index (χ1v) is 8.58. The Labute approximate surface area is 141 Å². The van der Waals surface area contributed by atoms with Gasteiger partial charge in [0.05, 0.1) is 19.4 Å². The van der Waals surface area contributed by atoms with Gasteiger partial charge in [-0.3, -0.25) is 4.90 Å². The van der Waals surface area contributed by atoms with Crippen LogP contribution < -0.4 is 4.74 Å². The highest BCUT2D eigenvalue weighted by Gasteiger charge is 2.26. The standard InChI is InChI=1S/C19H22FNO3/c20-16-8-14(19-15(9-16)12-22-13-24-19)10-21(17-4-1-2-5-17)11-18-6-3-7-23-18/h3,6-9,17H,1-2,4-5,10-13H2. The van der Waals surface area contributed by atoms with Crippen molar-refractivity contribution < 1.29 is 18.3 Å². The van der Waals surface area contributed by atoms with Gasteiger partial charge in [-0.2, -0.15) is 0 Å². The second-order valence-corrected chi connectivity index (χ2v) is 6.59. The van der Waals surface area contributed by atoms with Crippen LogP contribution in [0, 0.1) is 5.82 Å². The highest BCUT2D eigenvalue weighted by molar-refractivity contribution is 5.42. The molecule has 4 nitrogen and oxygen atoms in total. The van der Waals surface area contributed by atoms with Gasteiger partial charge in [0, 0.05) is 23.7 Å². The van der Waals surface area contributed by atoms with Crippen molar-refractivity contribution in [2.75, 3.05) is 6.79 Å². The maximum Gasteiger partial charge on any atom is 0.189 e. The largest absolute Gasteiger partial charge is 0.468 e. The lowest BCUT2D eigenvalue weighted by Gasteiger charge is -2.30. The molecule has 0 atom stereocenters. The Morgan fingerprint density at radius 1 is 1.17 bits per heavy atom. The number of hydrogen-bond donors (Lipinski definition) is 0. The molecule has 2 aromatic rings. The van der Waals surface area contributed by atoms with Crippen molar-refractivity contribution in [1.82, 2.24) is 4.90 Å². The van der Waals surface area contributed by atoms with E-state index < -0.39 is 0 Å². The first-order chi connectivity index (χ1) is 11.8. The zero-order valence-corrected chi connectivity index (χ0v) is 13.7. The van der Waals surface area contributed by atoms with Gasteiger partial charge in [-0.25, -0.2) is 4.39 Å². The molecule has 0 spiro atoms. The highest BCUT2D eigenvalue weighted by atomic mass is 19.1. The van der Waals surface area contributed by atoms with Gasteiger partial charge >= 0.3 is 0 Å². The van der Waals surface area contributed by atoms with Crippen molar-refractivity contribution in [2.24, 2.45) is 0 Å². The normalized spacial score (nSPS) is 17.9. The summed E-state index contributed by atoms with van der Waals surface area (Å²) < 4.78 is 30.5. The molecule has 1 aliphatic heterocycles. The average Bonchev–Trinajstić information content (AvgIpc) is 3.28. The summed E-state index contributed by atoms with van der Waals surface area (Å²) in [6.45, 7) is 2.03. The molecule has 5 heteroatoms. The van der Waals surface area contributed by atoms with E-state index >= 15 is 0 Å². The molecular formula is C19H22FNO3. The summed E-state index contributed by atoms with van der Waals surface area (Å²) in [4.78, 5) is 2.39. The van der Waals surface area contributed by atoms with E-state index in [1.807, 2.05) is 12.1 Å². The minimum absolute atomic E-state index is 0.229. The summed E-state index contributed by atoms with van der Waals surface area (Å²) in [5.41, 5.74) is 1.69. The van der Waals surface area contributed by atoms with E-state index in [0.29, 0.717) is 19.2 Å². The van der Waals surface area contributed by atoms with Gasteiger partial charge in [0.1, 0.15) is 17.3 Å². The topological polar surface area (TPSA) is 34.8 Å². The average molecular weight is 331 g/mol. The summed E-state index contributed by atoms with van der Waals surface area (Å²) in [6.07, 6.45) is 6.58. The van der Waals surface area contributed by atoms with Gasteiger partial charge in [-0.15, -0.1) is 0 Å². The molecule has 0 amide bonds. The van der Waals surface area contributed by atoms with Crippen LogP contribution >= 0.6 is 0 Å². The van der Waals surface area contributed by atoms with Crippen LogP contribution in [-0.4, -0.2) is 17.7 Å². The first kappa shape index (κ1) is 15.7. The summed E-state index contributed by atoms with van der Waals surface area (Å²) in [7, 11) is 0. The van der Waals surface area contributed by atoms with E-state index in [-0.39, 0.29) is 12.6 Å². The highest BCUT2D eigenvalue weighted by Crippen LogP contribution is 2.33. The van der Waals surface area contributed by atoms with Gasteiger partial charge in [-0.1, -0.05) is 12.8 Å². The fourth-order valence-corrected chi connectivity index (χ4v) is 3.78. The Bertz CT molecular complexity index is 680. The minimum atomic E-state index is -0.234. The quantitative estimate of drug-likeness (QED) is 0.821. The fraction of sp³-hybridized carbons (Fsp3) is 0.474. The Morgan fingerprint density at radius 3 is 2.83 bits per heavy atom. The van der Waals surface area contributed by atoms with E-state index in [1.54, 1.807) is 12.3 Å². The van der Waals surface area contributed by atoms with Crippen molar-refractivity contribution in [3.8, 4) is 5.75 Å². The molecule has 24 heavy (non-hydrogen) atoms. The molecule has 0 bridgehead atoms. The zero-order chi connectivity index (χ0) is 16.4. The van der Waals surface area contributed by atoms with Crippen molar-refractivity contribution in [1.29, 1.82) is 0 Å². The molecule has 2 aliphatic rings. The molecular weight excluding hydrogens is 309 g/mol. The number of benzene rings is 1. The number of fused-ring (bicyclic) bond motifs is 1. The van der Waals surface area contributed by atoms with E-state index in [4.69, 9.17) is 13.9 Å². The van der Waals surface area contributed by atoms with Crippen LogP contribution in [0.5, 0.6) is 5.75 Å². The first-order valence-electron chi connectivity index (χ1n) is 8.58. The van der Waals surface area contributed by atoms with Gasteiger partial charge in [0.2, 0.25) is 0 Å². The monoisotopic (exact) mass is 331 g/mol. The molecule has 1 fully saturated rings. The second kappa shape index (κ2) is 6.95. The Hall–Kier alpha value is -1.85. The third kappa shape index (κ3) is 3.32. The molecule has 1 saturated carbocycles. The van der Waals surface area contributed by atoms with Gasteiger partial charge < -0.3 is 13.9 Å². The van der Waals surface area contributed by atoms with Crippen molar-refractivity contribution in [3.05, 3.63) is 53.2 Å². The zero-order valence-electron chi connectivity index (χ0n) is 13.7. The van der Waals surface area contributed by atoms with Crippen LogP contribution in [0.25, 0.3) is 0 Å². The van der Waals surface area contributed by atoms with E-state index in [1.165, 1.54) is 31.7 Å². The van der Waals surface area contributed by atoms with Gasteiger partial charge in [0.15, 0.2) is 6.79 Å². The predicted octanol–water partition coefficient (Wildman–Crippen LogP) is 4.23. The Morgan fingerprint density at radius 2 is 2.04 bits per heavy atom. The number of ether oxygens (including phenoxy) is 2. The molecule has 1 aromatic heterocycles. The molecule has 1 aromatic carbocycles. The summed E-state index contributed by atoms with van der Waals surface area (Å²) >= 11 is 0. The van der Waals surface area contributed by atoms with Crippen LogP contribution in [0.4, 0.5) is 4.39 Å². The Kier molecular flexibility index (Phi) is 4.54. The van der Waals surface area contributed by atoms with E-state index in [0.717, 1.165) is 29.2 Å². The summed E-state index contributed by atoms with van der Waals surface area (Å²) in [6, 6.07) is 7.51. The van der Waals surface area contributed by atoms with Crippen LogP contribution in [-0.2, 0) is 24.4 Å². The maximum absolute atomic E-state index is 14.0. The van der Waals surface area contributed by atoms with E-state index in [2.05, 4.69) is 4.90 Å². The molecule has 0 unspecified atom stereocenters. The lowest BCUT2D eigenvalue weighted by molar-refractivity contribution is -0.0179. The number of halogens is 1. The van der Waals surface area contributed by atoms with Crippen LogP contribution in [0.3, 0.4) is 0 Å². The van der Waals surface area contributed by atoms with Crippen LogP contribution in [0.15, 0.2) is 34.9 Å². The molecule has 2 heterocycles. The number of hydrogen-bond acceptors (Lipinski definition) is 4. The maximum atomic E-state index is 14.0. The lowest BCUT2D eigenvalue weighted by atomic mass is 10.1.